The van der Waals surface area contributed by atoms with E-state index in [-0.39, 0.29) is 5.92 Å². The molecule has 0 heterocycles. The van der Waals surface area contributed by atoms with Crippen molar-refractivity contribution in [3.05, 3.63) is 54.5 Å². The molecule has 1 atom stereocenters. The molecule has 0 spiro atoms. The molecule has 2 aromatic carbocycles. The molecule has 0 amide bonds. The third kappa shape index (κ3) is 1.38. The highest BCUT2D eigenvalue weighted by Gasteiger charge is 2.05. The van der Waals surface area contributed by atoms with Gasteiger partial charge in [0.15, 0.2) is 0 Å². The van der Waals surface area contributed by atoms with Gasteiger partial charge in [-0.1, -0.05) is 48.4 Å². The van der Waals surface area contributed by atoms with E-state index in [1.807, 2.05) is 25.1 Å². The molecule has 1 unspecified atom stereocenters. The summed E-state index contributed by atoms with van der Waals surface area (Å²) in [6, 6.07) is 14.4. The third-order valence-electron chi connectivity index (χ3n) is 2.51. The Morgan fingerprint density at radius 1 is 1.07 bits per heavy atom. The van der Waals surface area contributed by atoms with Gasteiger partial charge in [0.2, 0.25) is 0 Å². The van der Waals surface area contributed by atoms with Gasteiger partial charge >= 0.3 is 0 Å². The van der Waals surface area contributed by atoms with E-state index >= 15 is 0 Å². The van der Waals surface area contributed by atoms with E-state index in [9.17, 15) is 0 Å². The lowest BCUT2D eigenvalue weighted by molar-refractivity contribution is 1.02. The standard InChI is InChI=1S/C14H11/c1-3-11(2)13-10-6-8-12-7-4-5-9-14(12)13/h4-11H,2H3. The second-order valence-corrected chi connectivity index (χ2v) is 3.43. The molecule has 2 aromatic rings. The first-order valence-corrected chi connectivity index (χ1v) is 4.73. The zero-order chi connectivity index (χ0) is 9.97. The van der Waals surface area contributed by atoms with Crippen LogP contribution in [0.25, 0.3) is 10.8 Å². The fourth-order valence-corrected chi connectivity index (χ4v) is 1.71. The minimum Gasteiger partial charge on any atom is -0.0812 e. The van der Waals surface area contributed by atoms with Gasteiger partial charge in [0.25, 0.3) is 0 Å². The van der Waals surface area contributed by atoms with Gasteiger partial charge in [-0.05, 0) is 29.7 Å². The van der Waals surface area contributed by atoms with Crippen LogP contribution >= 0.6 is 0 Å². The zero-order valence-corrected chi connectivity index (χ0v) is 8.12. The summed E-state index contributed by atoms with van der Waals surface area (Å²) in [6.07, 6.45) is 7.17. The van der Waals surface area contributed by atoms with Gasteiger partial charge < -0.3 is 0 Å². The van der Waals surface area contributed by atoms with Crippen LogP contribution in [0.5, 0.6) is 0 Å². The first kappa shape index (κ1) is 8.84. The van der Waals surface area contributed by atoms with Crippen LogP contribution in [0.15, 0.2) is 42.5 Å². The first-order valence-electron chi connectivity index (χ1n) is 4.73. The Kier molecular flexibility index (Phi) is 2.24. The normalized spacial score (nSPS) is 12.3. The summed E-state index contributed by atoms with van der Waals surface area (Å²) in [7, 11) is 0. The Hall–Kier alpha value is -1.74. The first-order chi connectivity index (χ1) is 6.83. The van der Waals surface area contributed by atoms with Crippen molar-refractivity contribution in [3.8, 4) is 5.92 Å². The summed E-state index contributed by atoms with van der Waals surface area (Å²) in [4.78, 5) is 0. The molecular weight excluding hydrogens is 168 g/mol. The number of benzene rings is 2. The molecule has 0 aliphatic rings. The molecule has 0 aliphatic carbocycles. The minimum absolute atomic E-state index is 0.0705. The summed E-state index contributed by atoms with van der Waals surface area (Å²) in [6.45, 7) is 1.99. The van der Waals surface area contributed by atoms with Crippen LogP contribution in [-0.4, -0.2) is 0 Å². The zero-order valence-electron chi connectivity index (χ0n) is 8.12. The maximum atomic E-state index is 7.17. The molecular formula is C14H11. The van der Waals surface area contributed by atoms with E-state index in [4.69, 9.17) is 6.42 Å². The predicted octanol–water partition coefficient (Wildman–Crippen LogP) is 3.53. The summed E-state index contributed by atoms with van der Waals surface area (Å²) < 4.78 is 0. The molecule has 0 nitrogen and oxygen atoms in total. The molecule has 0 N–H and O–H groups in total. The molecule has 0 saturated carbocycles. The second kappa shape index (κ2) is 3.55. The fourth-order valence-electron chi connectivity index (χ4n) is 1.71. The van der Waals surface area contributed by atoms with Gasteiger partial charge in [-0.3, -0.25) is 0 Å². The maximum Gasteiger partial charge on any atom is 0.0440 e. The van der Waals surface area contributed by atoms with Crippen molar-refractivity contribution in [2.45, 2.75) is 12.8 Å². The highest BCUT2D eigenvalue weighted by Crippen LogP contribution is 2.24. The lowest BCUT2D eigenvalue weighted by Crippen LogP contribution is -1.90. The van der Waals surface area contributed by atoms with Crippen LogP contribution in [0.4, 0.5) is 0 Å². The molecule has 2 rings (SSSR count). The van der Waals surface area contributed by atoms with Crippen LogP contribution < -0.4 is 0 Å². The molecule has 14 heavy (non-hydrogen) atoms. The molecule has 0 heteroatoms. The Morgan fingerprint density at radius 3 is 2.57 bits per heavy atom. The second-order valence-electron chi connectivity index (χ2n) is 3.43. The quantitative estimate of drug-likeness (QED) is 0.587. The molecule has 0 saturated heterocycles. The summed E-state index contributed by atoms with van der Waals surface area (Å²) in [5.74, 6) is 2.59. The average molecular weight is 179 g/mol. The van der Waals surface area contributed by atoms with Gasteiger partial charge in [0, 0.05) is 5.92 Å². The lowest BCUT2D eigenvalue weighted by Gasteiger charge is -2.08. The van der Waals surface area contributed by atoms with E-state index in [1.165, 1.54) is 16.3 Å². The van der Waals surface area contributed by atoms with Crippen molar-refractivity contribution in [2.24, 2.45) is 0 Å². The number of hydrogen-bond donors (Lipinski definition) is 0. The Morgan fingerprint density at radius 2 is 1.79 bits per heavy atom. The largest absolute Gasteiger partial charge is 0.0812 e. The van der Waals surface area contributed by atoms with Crippen LogP contribution in [0.1, 0.15) is 18.4 Å². The molecule has 67 valence electrons. The van der Waals surface area contributed by atoms with E-state index in [2.05, 4.69) is 30.2 Å². The lowest BCUT2D eigenvalue weighted by atomic mass is 9.95. The Bertz CT molecular complexity index is 483. The van der Waals surface area contributed by atoms with Gasteiger partial charge in [0.1, 0.15) is 0 Å². The van der Waals surface area contributed by atoms with Crippen molar-refractivity contribution in [3.63, 3.8) is 0 Å². The third-order valence-corrected chi connectivity index (χ3v) is 2.51. The number of hydrogen-bond acceptors (Lipinski definition) is 0. The molecule has 0 aromatic heterocycles. The smallest absolute Gasteiger partial charge is 0.0440 e. The van der Waals surface area contributed by atoms with Crippen molar-refractivity contribution in [1.82, 2.24) is 0 Å². The minimum atomic E-state index is 0.0705. The van der Waals surface area contributed by atoms with Crippen LogP contribution in [0.3, 0.4) is 0 Å². The van der Waals surface area contributed by atoms with Gasteiger partial charge in [-0.2, -0.15) is 0 Å². The number of rotatable bonds is 1. The van der Waals surface area contributed by atoms with Crippen molar-refractivity contribution >= 4 is 10.8 Å². The van der Waals surface area contributed by atoms with Gasteiger partial charge in [-0.15, -0.1) is 0 Å². The monoisotopic (exact) mass is 179 g/mol. The molecule has 1 radical (unpaired) electrons. The number of fused-ring (bicyclic) bond motifs is 1. The van der Waals surface area contributed by atoms with Crippen molar-refractivity contribution in [2.75, 3.05) is 0 Å². The predicted molar refractivity (Wildman–Crippen MR) is 59.5 cm³/mol. The van der Waals surface area contributed by atoms with Crippen molar-refractivity contribution in [1.29, 1.82) is 0 Å². The van der Waals surface area contributed by atoms with E-state index in [1.54, 1.807) is 0 Å². The summed E-state index contributed by atoms with van der Waals surface area (Å²) >= 11 is 0. The summed E-state index contributed by atoms with van der Waals surface area (Å²) in [5, 5.41) is 2.45. The summed E-state index contributed by atoms with van der Waals surface area (Å²) in [5.41, 5.74) is 1.18. The van der Waals surface area contributed by atoms with Gasteiger partial charge in [-0.25, -0.2) is 0 Å². The van der Waals surface area contributed by atoms with E-state index in [0.717, 1.165) is 0 Å². The molecule has 0 fully saturated rings. The SMILES string of the molecule is [C]#CC(C)c1cccc2ccccc12. The molecule has 0 bridgehead atoms. The van der Waals surface area contributed by atoms with Crippen molar-refractivity contribution < 1.29 is 0 Å². The maximum absolute atomic E-state index is 7.17. The highest BCUT2D eigenvalue weighted by atomic mass is 14.1. The Balaban J connectivity index is 2.72. The fraction of sp³-hybridized carbons (Fsp3) is 0.143. The topological polar surface area (TPSA) is 0 Å². The average Bonchev–Trinajstić information content (AvgIpc) is 2.27. The van der Waals surface area contributed by atoms with Crippen LogP contribution in [0, 0.1) is 12.3 Å². The van der Waals surface area contributed by atoms with Gasteiger partial charge in [0.05, 0.1) is 0 Å². The molecule has 0 aliphatic heterocycles. The Labute approximate surface area is 84.6 Å². The van der Waals surface area contributed by atoms with E-state index in [0.29, 0.717) is 0 Å². The van der Waals surface area contributed by atoms with E-state index < -0.39 is 0 Å². The van der Waals surface area contributed by atoms with Crippen LogP contribution in [-0.2, 0) is 0 Å². The van der Waals surface area contributed by atoms with Crippen LogP contribution in [0.2, 0.25) is 0 Å². The highest BCUT2D eigenvalue weighted by molar-refractivity contribution is 5.86.